The molecule has 0 bridgehead atoms. The molecule has 0 saturated heterocycles. The molecule has 0 aliphatic rings. The number of rotatable bonds is 2. The van der Waals surface area contributed by atoms with Crippen molar-refractivity contribution in [1.82, 2.24) is 18.7 Å². The fourth-order valence-corrected chi connectivity index (χ4v) is 3.56. The molecule has 0 aliphatic carbocycles. The average Bonchev–Trinajstić information content (AvgIpc) is 2.93. The Hall–Kier alpha value is -2.15. The minimum Gasteiger partial charge on any atom is -0.274 e. The van der Waals surface area contributed by atoms with Crippen molar-refractivity contribution in [3.05, 3.63) is 42.5 Å². The van der Waals surface area contributed by atoms with Gasteiger partial charge in [0.1, 0.15) is 11.2 Å². The third-order valence-corrected chi connectivity index (χ3v) is 4.69. The fourth-order valence-electron chi connectivity index (χ4n) is 2.07. The Morgan fingerprint density at radius 1 is 1.21 bits per heavy atom. The summed E-state index contributed by atoms with van der Waals surface area (Å²) in [5.74, 6) is 0. The van der Waals surface area contributed by atoms with Gasteiger partial charge in [-0.05, 0) is 19.1 Å². The Kier molecular flexibility index (Phi) is 2.46. The van der Waals surface area contributed by atoms with E-state index < -0.39 is 10.0 Å². The van der Waals surface area contributed by atoms with E-state index in [1.54, 1.807) is 32.2 Å². The van der Waals surface area contributed by atoms with Crippen molar-refractivity contribution in [3.63, 3.8) is 0 Å². The van der Waals surface area contributed by atoms with Gasteiger partial charge in [-0.2, -0.15) is 5.10 Å². The summed E-state index contributed by atoms with van der Waals surface area (Å²) < 4.78 is 27.9. The standard InChI is InChI=1S/C12H12N4O2S/c1-9-12(7-15(2)14-9)19(17,18)16-8-13-10-5-3-4-6-11(10)16/h3-8H,1-2H3. The summed E-state index contributed by atoms with van der Waals surface area (Å²) in [4.78, 5) is 4.30. The average molecular weight is 276 g/mol. The molecule has 0 saturated carbocycles. The second-order valence-electron chi connectivity index (χ2n) is 4.29. The molecule has 0 atom stereocenters. The van der Waals surface area contributed by atoms with Crippen LogP contribution in [0.25, 0.3) is 11.0 Å². The Balaban J connectivity index is 2.28. The van der Waals surface area contributed by atoms with Gasteiger partial charge in [0, 0.05) is 13.2 Å². The third kappa shape index (κ3) is 1.74. The molecule has 0 amide bonds. The van der Waals surface area contributed by atoms with E-state index in [9.17, 15) is 8.42 Å². The molecule has 0 spiro atoms. The molecule has 0 aliphatic heterocycles. The molecule has 3 aromatic rings. The van der Waals surface area contributed by atoms with Gasteiger partial charge in [-0.1, -0.05) is 12.1 Å². The second kappa shape index (κ2) is 3.92. The molecule has 0 unspecified atom stereocenters. The van der Waals surface area contributed by atoms with Crippen molar-refractivity contribution in [2.24, 2.45) is 7.05 Å². The Morgan fingerprint density at radius 3 is 2.63 bits per heavy atom. The highest BCUT2D eigenvalue weighted by molar-refractivity contribution is 7.90. The molecular formula is C12H12N4O2S. The van der Waals surface area contributed by atoms with Crippen LogP contribution in [0.1, 0.15) is 5.69 Å². The lowest BCUT2D eigenvalue weighted by atomic mass is 10.3. The molecule has 2 aromatic heterocycles. The number of aryl methyl sites for hydroxylation is 2. The highest BCUT2D eigenvalue weighted by Crippen LogP contribution is 2.21. The first-order valence-corrected chi connectivity index (χ1v) is 7.12. The lowest BCUT2D eigenvalue weighted by Crippen LogP contribution is -2.12. The van der Waals surface area contributed by atoms with Gasteiger partial charge in [-0.25, -0.2) is 17.4 Å². The molecule has 2 heterocycles. The zero-order valence-electron chi connectivity index (χ0n) is 10.5. The van der Waals surface area contributed by atoms with Gasteiger partial charge in [-0.15, -0.1) is 0 Å². The van der Waals surface area contributed by atoms with E-state index in [0.29, 0.717) is 16.7 Å². The number of imidazole rings is 1. The van der Waals surface area contributed by atoms with Crippen LogP contribution >= 0.6 is 0 Å². The first-order valence-electron chi connectivity index (χ1n) is 5.68. The SMILES string of the molecule is Cc1nn(C)cc1S(=O)(=O)n1cnc2ccccc21. The van der Waals surface area contributed by atoms with Crippen LogP contribution in [-0.4, -0.2) is 27.2 Å². The van der Waals surface area contributed by atoms with Gasteiger partial charge in [0.05, 0.1) is 16.7 Å². The highest BCUT2D eigenvalue weighted by atomic mass is 32.2. The summed E-state index contributed by atoms with van der Waals surface area (Å²) in [7, 11) is -1.97. The van der Waals surface area contributed by atoms with Crippen LogP contribution in [0.15, 0.2) is 41.7 Å². The lowest BCUT2D eigenvalue weighted by molar-refractivity contribution is 0.588. The van der Waals surface area contributed by atoms with Crippen LogP contribution in [-0.2, 0) is 17.1 Å². The summed E-state index contributed by atoms with van der Waals surface area (Å²) in [5, 5.41) is 4.07. The van der Waals surface area contributed by atoms with Crippen molar-refractivity contribution < 1.29 is 8.42 Å². The van der Waals surface area contributed by atoms with Crippen molar-refractivity contribution in [2.75, 3.05) is 0 Å². The molecule has 6 nitrogen and oxygen atoms in total. The maximum absolute atomic E-state index is 12.6. The number of fused-ring (bicyclic) bond motifs is 1. The zero-order chi connectivity index (χ0) is 13.6. The van der Waals surface area contributed by atoms with Crippen LogP contribution in [0.2, 0.25) is 0 Å². The van der Waals surface area contributed by atoms with E-state index in [0.717, 1.165) is 0 Å². The molecular weight excluding hydrogens is 264 g/mol. The van der Waals surface area contributed by atoms with Gasteiger partial charge in [-0.3, -0.25) is 4.68 Å². The Labute approximate surface area is 110 Å². The number of benzene rings is 1. The minimum atomic E-state index is -3.66. The first kappa shape index (κ1) is 11.9. The number of para-hydroxylation sites is 2. The maximum Gasteiger partial charge on any atom is 0.272 e. The van der Waals surface area contributed by atoms with Crippen molar-refractivity contribution in [2.45, 2.75) is 11.8 Å². The molecule has 19 heavy (non-hydrogen) atoms. The summed E-state index contributed by atoms with van der Waals surface area (Å²) in [6, 6.07) is 7.11. The molecule has 0 radical (unpaired) electrons. The normalized spacial score (nSPS) is 12.1. The molecule has 1 aromatic carbocycles. The molecule has 0 fully saturated rings. The maximum atomic E-state index is 12.6. The summed E-state index contributed by atoms with van der Waals surface area (Å²) >= 11 is 0. The van der Waals surface area contributed by atoms with E-state index in [-0.39, 0.29) is 4.90 Å². The van der Waals surface area contributed by atoms with E-state index in [1.165, 1.54) is 21.2 Å². The summed E-state index contributed by atoms with van der Waals surface area (Å²) in [6.45, 7) is 1.67. The van der Waals surface area contributed by atoms with Crippen LogP contribution in [0.3, 0.4) is 0 Å². The topological polar surface area (TPSA) is 69.8 Å². The van der Waals surface area contributed by atoms with Crippen LogP contribution in [0.4, 0.5) is 0 Å². The quantitative estimate of drug-likeness (QED) is 0.707. The highest BCUT2D eigenvalue weighted by Gasteiger charge is 2.23. The fraction of sp³-hybridized carbons (Fsp3) is 0.167. The summed E-state index contributed by atoms with van der Waals surface area (Å²) in [5.41, 5.74) is 1.68. The van der Waals surface area contributed by atoms with Crippen molar-refractivity contribution in [3.8, 4) is 0 Å². The lowest BCUT2D eigenvalue weighted by Gasteiger charge is -2.04. The van der Waals surface area contributed by atoms with E-state index in [4.69, 9.17) is 0 Å². The van der Waals surface area contributed by atoms with Gasteiger partial charge in [0.2, 0.25) is 0 Å². The number of hydrogen-bond donors (Lipinski definition) is 0. The van der Waals surface area contributed by atoms with Crippen LogP contribution in [0.5, 0.6) is 0 Å². The summed E-state index contributed by atoms with van der Waals surface area (Å²) in [6.07, 6.45) is 2.83. The predicted molar refractivity (Wildman–Crippen MR) is 70.3 cm³/mol. The molecule has 3 rings (SSSR count). The Bertz CT molecular complexity index is 861. The third-order valence-electron chi connectivity index (χ3n) is 2.93. The van der Waals surface area contributed by atoms with Gasteiger partial charge >= 0.3 is 0 Å². The zero-order valence-corrected chi connectivity index (χ0v) is 11.3. The first-order chi connectivity index (χ1) is 9.00. The second-order valence-corrected chi connectivity index (χ2v) is 6.07. The van der Waals surface area contributed by atoms with Crippen molar-refractivity contribution >= 4 is 21.1 Å². The number of hydrogen-bond acceptors (Lipinski definition) is 4. The van der Waals surface area contributed by atoms with Gasteiger partial charge in [0.25, 0.3) is 10.0 Å². The largest absolute Gasteiger partial charge is 0.274 e. The van der Waals surface area contributed by atoms with Crippen LogP contribution in [0, 0.1) is 6.92 Å². The predicted octanol–water partition coefficient (Wildman–Crippen LogP) is 1.32. The van der Waals surface area contributed by atoms with Crippen molar-refractivity contribution in [1.29, 1.82) is 0 Å². The number of aromatic nitrogens is 4. The smallest absolute Gasteiger partial charge is 0.272 e. The van der Waals surface area contributed by atoms with E-state index in [2.05, 4.69) is 10.1 Å². The Morgan fingerprint density at radius 2 is 1.95 bits per heavy atom. The van der Waals surface area contributed by atoms with Crippen LogP contribution < -0.4 is 0 Å². The molecule has 7 heteroatoms. The van der Waals surface area contributed by atoms with Gasteiger partial charge < -0.3 is 0 Å². The number of nitrogens with zero attached hydrogens (tertiary/aromatic N) is 4. The molecule has 98 valence electrons. The minimum absolute atomic E-state index is 0.193. The van der Waals surface area contributed by atoms with Gasteiger partial charge in [0.15, 0.2) is 0 Å². The monoisotopic (exact) mass is 276 g/mol. The van der Waals surface area contributed by atoms with E-state index in [1.807, 2.05) is 6.07 Å². The van der Waals surface area contributed by atoms with E-state index >= 15 is 0 Å². The molecule has 0 N–H and O–H groups in total.